The molecule has 1 N–H and O–H groups in total. The summed E-state index contributed by atoms with van der Waals surface area (Å²) < 4.78 is 39.4. The molecular formula is C12H14FNO4S. The number of carbonyl (C=O) groups is 1. The van der Waals surface area contributed by atoms with E-state index >= 15 is 0 Å². The number of nitrogens with zero attached hydrogens (tertiary/aromatic N) is 1. The third-order valence-electron chi connectivity index (χ3n) is 3.18. The summed E-state index contributed by atoms with van der Waals surface area (Å²) >= 11 is 0. The molecule has 2 rings (SSSR count). The highest BCUT2D eigenvalue weighted by Gasteiger charge is 2.32. The molecule has 1 atom stereocenters. The summed E-state index contributed by atoms with van der Waals surface area (Å²) in [5.74, 6) is -1.99. The van der Waals surface area contributed by atoms with Crippen LogP contribution < -0.4 is 0 Å². The lowest BCUT2D eigenvalue weighted by Gasteiger charge is -2.16. The van der Waals surface area contributed by atoms with Gasteiger partial charge in [0.25, 0.3) is 0 Å². The monoisotopic (exact) mass is 287 g/mol. The SMILES string of the molecule is CC1CCN(S(=O)(=O)c2cc(C(=O)O)ccc2F)C1. The highest BCUT2D eigenvalue weighted by Crippen LogP contribution is 2.26. The van der Waals surface area contributed by atoms with Crippen LogP contribution in [0.4, 0.5) is 4.39 Å². The highest BCUT2D eigenvalue weighted by molar-refractivity contribution is 7.89. The summed E-state index contributed by atoms with van der Waals surface area (Å²) in [5.41, 5.74) is -0.243. The molecule has 1 heterocycles. The van der Waals surface area contributed by atoms with Gasteiger partial charge in [-0.25, -0.2) is 17.6 Å². The van der Waals surface area contributed by atoms with Gasteiger partial charge in [-0.2, -0.15) is 4.31 Å². The van der Waals surface area contributed by atoms with E-state index in [0.717, 1.165) is 24.6 Å². The Labute approximate surface area is 110 Å². The van der Waals surface area contributed by atoms with Gasteiger partial charge in [0.1, 0.15) is 10.7 Å². The average molecular weight is 287 g/mol. The number of hydrogen-bond donors (Lipinski definition) is 1. The van der Waals surface area contributed by atoms with E-state index in [4.69, 9.17) is 5.11 Å². The Kier molecular flexibility index (Phi) is 3.60. The molecule has 0 radical (unpaired) electrons. The molecule has 1 aliphatic heterocycles. The van der Waals surface area contributed by atoms with E-state index in [9.17, 15) is 17.6 Å². The molecule has 1 fully saturated rings. The number of aromatic carboxylic acids is 1. The Hall–Kier alpha value is -1.47. The van der Waals surface area contributed by atoms with Gasteiger partial charge in [-0.15, -0.1) is 0 Å². The standard InChI is InChI=1S/C12H14FNO4S/c1-8-4-5-14(7-8)19(17,18)11-6-9(12(15)16)2-3-10(11)13/h2-3,6,8H,4-5,7H2,1H3,(H,15,16). The number of rotatable bonds is 3. The largest absolute Gasteiger partial charge is 0.478 e. The normalized spacial score (nSPS) is 20.6. The van der Waals surface area contributed by atoms with Crippen molar-refractivity contribution in [2.24, 2.45) is 5.92 Å². The molecule has 0 saturated carbocycles. The first kappa shape index (κ1) is 14.0. The number of benzene rings is 1. The molecule has 1 aliphatic rings. The number of hydrogen-bond acceptors (Lipinski definition) is 3. The van der Waals surface area contributed by atoms with Gasteiger partial charge in [0, 0.05) is 13.1 Å². The molecule has 104 valence electrons. The van der Waals surface area contributed by atoms with Gasteiger partial charge < -0.3 is 5.11 Å². The minimum atomic E-state index is -3.96. The van der Waals surface area contributed by atoms with Crippen molar-refractivity contribution in [2.45, 2.75) is 18.2 Å². The van der Waals surface area contributed by atoms with Gasteiger partial charge in [0.15, 0.2) is 0 Å². The topological polar surface area (TPSA) is 74.7 Å². The highest BCUT2D eigenvalue weighted by atomic mass is 32.2. The van der Waals surface area contributed by atoms with Crippen molar-refractivity contribution < 1.29 is 22.7 Å². The van der Waals surface area contributed by atoms with E-state index in [1.165, 1.54) is 4.31 Å². The van der Waals surface area contributed by atoms with Gasteiger partial charge in [0.05, 0.1) is 5.56 Å². The first-order valence-electron chi connectivity index (χ1n) is 5.85. The minimum Gasteiger partial charge on any atom is -0.478 e. The maximum atomic E-state index is 13.7. The summed E-state index contributed by atoms with van der Waals surface area (Å²) in [4.78, 5) is 10.3. The van der Waals surface area contributed by atoms with Crippen molar-refractivity contribution in [1.82, 2.24) is 4.31 Å². The van der Waals surface area contributed by atoms with Crippen molar-refractivity contribution >= 4 is 16.0 Å². The molecule has 0 spiro atoms. The molecule has 19 heavy (non-hydrogen) atoms. The maximum Gasteiger partial charge on any atom is 0.335 e. The molecule has 5 nitrogen and oxygen atoms in total. The molecule has 0 aliphatic carbocycles. The van der Waals surface area contributed by atoms with Crippen LogP contribution in [0.5, 0.6) is 0 Å². The van der Waals surface area contributed by atoms with Crippen LogP contribution in [0.2, 0.25) is 0 Å². The summed E-state index contributed by atoms with van der Waals surface area (Å²) in [7, 11) is -3.96. The Balaban J connectivity index is 2.45. The van der Waals surface area contributed by atoms with E-state index in [0.29, 0.717) is 13.1 Å². The number of carboxylic acids is 1. The van der Waals surface area contributed by atoms with Crippen molar-refractivity contribution in [2.75, 3.05) is 13.1 Å². The lowest BCUT2D eigenvalue weighted by molar-refractivity contribution is 0.0696. The molecule has 1 unspecified atom stereocenters. The van der Waals surface area contributed by atoms with Crippen LogP contribution in [0.1, 0.15) is 23.7 Å². The molecule has 0 bridgehead atoms. The molecule has 7 heteroatoms. The third-order valence-corrected chi connectivity index (χ3v) is 5.06. The van der Waals surface area contributed by atoms with Crippen LogP contribution >= 0.6 is 0 Å². The summed E-state index contributed by atoms with van der Waals surface area (Å²) in [5, 5.41) is 8.84. The van der Waals surface area contributed by atoms with Crippen LogP contribution in [-0.4, -0.2) is 36.9 Å². The number of halogens is 1. The molecular weight excluding hydrogens is 273 g/mol. The van der Waals surface area contributed by atoms with Gasteiger partial charge >= 0.3 is 5.97 Å². The predicted octanol–water partition coefficient (Wildman–Crippen LogP) is 1.55. The van der Waals surface area contributed by atoms with Crippen LogP contribution in [0.3, 0.4) is 0 Å². The predicted molar refractivity (Wildman–Crippen MR) is 65.9 cm³/mol. The zero-order valence-electron chi connectivity index (χ0n) is 10.3. The second kappa shape index (κ2) is 4.90. The fourth-order valence-electron chi connectivity index (χ4n) is 2.09. The Morgan fingerprint density at radius 2 is 2.16 bits per heavy atom. The molecule has 0 amide bonds. The van der Waals surface area contributed by atoms with E-state index in [2.05, 4.69) is 0 Å². The lowest BCUT2D eigenvalue weighted by atomic mass is 10.2. The summed E-state index contributed by atoms with van der Waals surface area (Å²) in [6.07, 6.45) is 0.722. The zero-order valence-corrected chi connectivity index (χ0v) is 11.2. The quantitative estimate of drug-likeness (QED) is 0.915. The van der Waals surface area contributed by atoms with Gasteiger partial charge in [0.2, 0.25) is 10.0 Å². The third kappa shape index (κ3) is 2.62. The maximum absolute atomic E-state index is 13.7. The molecule has 1 aromatic carbocycles. The average Bonchev–Trinajstić information content (AvgIpc) is 2.76. The van der Waals surface area contributed by atoms with Crippen molar-refractivity contribution in [3.63, 3.8) is 0 Å². The molecule has 0 aromatic heterocycles. The fourth-order valence-corrected chi connectivity index (χ4v) is 3.75. The summed E-state index contributed by atoms with van der Waals surface area (Å²) in [6.45, 7) is 2.58. The number of sulfonamides is 1. The van der Waals surface area contributed by atoms with Crippen molar-refractivity contribution in [1.29, 1.82) is 0 Å². The van der Waals surface area contributed by atoms with Crippen molar-refractivity contribution in [3.05, 3.63) is 29.6 Å². The van der Waals surface area contributed by atoms with E-state index in [1.54, 1.807) is 0 Å². The van der Waals surface area contributed by atoms with Crippen molar-refractivity contribution in [3.8, 4) is 0 Å². The second-order valence-corrected chi connectivity index (χ2v) is 6.61. The van der Waals surface area contributed by atoms with Gasteiger partial charge in [-0.1, -0.05) is 6.92 Å². The molecule has 1 aromatic rings. The fraction of sp³-hybridized carbons (Fsp3) is 0.417. The Bertz CT molecular complexity index is 614. The zero-order chi connectivity index (χ0) is 14.2. The first-order chi connectivity index (χ1) is 8.82. The smallest absolute Gasteiger partial charge is 0.335 e. The Morgan fingerprint density at radius 3 is 2.68 bits per heavy atom. The van der Waals surface area contributed by atoms with Crippen LogP contribution in [0.25, 0.3) is 0 Å². The minimum absolute atomic E-state index is 0.223. The summed E-state index contributed by atoms with van der Waals surface area (Å²) in [6, 6.07) is 2.79. The number of carboxylic acid groups (broad SMARTS) is 1. The molecule has 1 saturated heterocycles. The van der Waals surface area contributed by atoms with Gasteiger partial charge in [-0.3, -0.25) is 0 Å². The van der Waals surface area contributed by atoms with E-state index in [-0.39, 0.29) is 11.5 Å². The Morgan fingerprint density at radius 1 is 1.47 bits per heavy atom. The first-order valence-corrected chi connectivity index (χ1v) is 7.29. The second-order valence-electron chi connectivity index (χ2n) is 4.71. The van der Waals surface area contributed by atoms with Gasteiger partial charge in [-0.05, 0) is 30.5 Å². The van der Waals surface area contributed by atoms with Crippen LogP contribution in [0.15, 0.2) is 23.1 Å². The van der Waals surface area contributed by atoms with Crippen LogP contribution in [-0.2, 0) is 10.0 Å². The van der Waals surface area contributed by atoms with Crippen LogP contribution in [0, 0.1) is 11.7 Å². The lowest BCUT2D eigenvalue weighted by Crippen LogP contribution is -2.29. The van der Waals surface area contributed by atoms with E-state index < -0.39 is 26.7 Å². The van der Waals surface area contributed by atoms with E-state index in [1.807, 2.05) is 6.92 Å².